The quantitative estimate of drug-likeness (QED) is 0.267. The van der Waals surface area contributed by atoms with Crippen LogP contribution in [0.3, 0.4) is 0 Å². The molecule has 4 rings (SSSR count). The van der Waals surface area contributed by atoms with Crippen LogP contribution in [0.15, 0.2) is 81.3 Å². The third-order valence-electron chi connectivity index (χ3n) is 3.97. The molecule has 150 valence electrons. The van der Waals surface area contributed by atoms with Gasteiger partial charge in [0, 0.05) is 18.1 Å². The van der Waals surface area contributed by atoms with Crippen LogP contribution < -0.4 is 14.7 Å². The number of nitrogens with zero attached hydrogens (tertiary/aromatic N) is 6. The van der Waals surface area contributed by atoms with E-state index in [1.165, 1.54) is 15.8 Å². The first-order chi connectivity index (χ1) is 14.6. The van der Waals surface area contributed by atoms with Gasteiger partial charge in [0.15, 0.2) is 17.5 Å². The highest BCUT2D eigenvalue weighted by Gasteiger charge is 2.31. The van der Waals surface area contributed by atoms with Crippen molar-refractivity contribution in [2.45, 2.75) is 0 Å². The highest BCUT2D eigenvalue weighted by molar-refractivity contribution is 8.14. The predicted molar refractivity (Wildman–Crippen MR) is 111 cm³/mol. The summed E-state index contributed by atoms with van der Waals surface area (Å²) in [6, 6.07) is 12.7. The lowest BCUT2D eigenvalue weighted by Crippen LogP contribution is -2.31. The van der Waals surface area contributed by atoms with Crippen molar-refractivity contribution in [2.24, 2.45) is 17.0 Å². The Kier molecular flexibility index (Phi) is 5.66. The van der Waals surface area contributed by atoms with Gasteiger partial charge in [0.25, 0.3) is 12.1 Å². The maximum Gasteiger partial charge on any atom is 0.320 e. The molecule has 1 aromatic carbocycles. The first kappa shape index (κ1) is 19.5. The molecular weight excluding hydrogens is 404 g/mol. The molecule has 1 aliphatic rings. The summed E-state index contributed by atoms with van der Waals surface area (Å²) in [5, 5.41) is 16.2. The second-order valence-electron chi connectivity index (χ2n) is 6.19. The van der Waals surface area contributed by atoms with E-state index in [2.05, 4.69) is 20.2 Å². The highest BCUT2D eigenvalue weighted by Crippen LogP contribution is 2.29. The first-order valence-electron chi connectivity index (χ1n) is 8.90. The van der Waals surface area contributed by atoms with Crippen LogP contribution in [0.2, 0.25) is 0 Å². The van der Waals surface area contributed by atoms with Crippen molar-refractivity contribution < 1.29 is 19.1 Å². The minimum atomic E-state index is -0.425. The summed E-state index contributed by atoms with van der Waals surface area (Å²) in [4.78, 5) is 26.8. The van der Waals surface area contributed by atoms with Gasteiger partial charge in [0.2, 0.25) is 0 Å². The van der Waals surface area contributed by atoms with Crippen molar-refractivity contribution in [1.29, 1.82) is 0 Å². The van der Waals surface area contributed by atoms with Crippen LogP contribution in [0.5, 0.6) is 0 Å². The molecule has 1 aliphatic heterocycles. The Morgan fingerprint density at radius 1 is 1.27 bits per heavy atom. The van der Waals surface area contributed by atoms with Gasteiger partial charge in [-0.15, -0.1) is 0 Å². The summed E-state index contributed by atoms with van der Waals surface area (Å²) < 4.78 is 6.31. The van der Waals surface area contributed by atoms with E-state index in [1.807, 2.05) is 30.3 Å². The fraction of sp³-hybridized carbons (Fsp3) is 0.100. The molecule has 0 saturated carbocycles. The van der Waals surface area contributed by atoms with Crippen molar-refractivity contribution in [3.63, 3.8) is 0 Å². The van der Waals surface area contributed by atoms with Gasteiger partial charge in [-0.1, -0.05) is 34.6 Å². The van der Waals surface area contributed by atoms with E-state index in [4.69, 9.17) is 4.52 Å². The summed E-state index contributed by atoms with van der Waals surface area (Å²) in [6.07, 6.45) is 6.47. The summed E-state index contributed by atoms with van der Waals surface area (Å²) >= 11 is 1.13. The van der Waals surface area contributed by atoms with Crippen LogP contribution in [0.1, 0.15) is 5.56 Å². The first-order valence-corrected chi connectivity index (χ1v) is 9.88. The number of thioether (sulfide) groups is 1. The molecule has 9 nitrogen and oxygen atoms in total. The number of pyridine rings is 1. The topological polar surface area (TPSA) is 111 Å². The van der Waals surface area contributed by atoms with Gasteiger partial charge in [0.05, 0.1) is 5.69 Å². The van der Waals surface area contributed by atoms with Gasteiger partial charge in [-0.2, -0.15) is 0 Å². The molecule has 0 bridgehead atoms. The molecule has 0 spiro atoms. The molecule has 0 atom stereocenters. The Hall–Kier alpha value is -3.79. The number of rotatable bonds is 5. The number of carbonyl (C=O) groups excluding carboxylic acids is 1. The van der Waals surface area contributed by atoms with Gasteiger partial charge in [-0.25, -0.2) is 9.98 Å². The molecule has 0 N–H and O–H groups in total. The number of hydrogen-bond donors (Lipinski definition) is 0. The average molecular weight is 420 g/mol. The Balaban J connectivity index is 1.60. The molecule has 10 heteroatoms. The van der Waals surface area contributed by atoms with Gasteiger partial charge in [-0.05, 0) is 41.8 Å². The predicted octanol–water partition coefficient (Wildman–Crippen LogP) is 1.46. The number of carbonyl (C=O) groups is 1. The zero-order valence-corrected chi connectivity index (χ0v) is 16.7. The third kappa shape index (κ3) is 4.44. The van der Waals surface area contributed by atoms with Crippen molar-refractivity contribution in [3.05, 3.63) is 72.3 Å². The minimum absolute atomic E-state index is 0.0115. The number of aliphatic imine (C=N–C) groups is 2. The highest BCUT2D eigenvalue weighted by atomic mass is 32.2. The Morgan fingerprint density at radius 3 is 2.73 bits per heavy atom. The smallest absolute Gasteiger partial charge is 0.320 e. The Bertz CT molecular complexity index is 1140. The number of anilines is 1. The van der Waals surface area contributed by atoms with E-state index < -0.39 is 5.90 Å². The van der Waals surface area contributed by atoms with E-state index in [0.29, 0.717) is 10.9 Å². The van der Waals surface area contributed by atoms with E-state index in [-0.39, 0.29) is 23.2 Å². The van der Waals surface area contributed by atoms with Crippen molar-refractivity contribution >= 4 is 46.4 Å². The van der Waals surface area contributed by atoms with Gasteiger partial charge < -0.3 is 5.11 Å². The Morgan fingerprint density at radius 2 is 2.03 bits per heavy atom. The number of para-hydroxylation sites is 1. The molecule has 0 aliphatic carbocycles. The monoisotopic (exact) mass is 420 g/mol. The SMILES string of the molecule is C[n+]1cc(/N=C(/[O-])CSC2=N/C(=C/c3ccncc3)C(=O)N2c2ccccc2)on1. The molecule has 0 unspecified atom stereocenters. The maximum absolute atomic E-state index is 13.0. The lowest BCUT2D eigenvalue weighted by Gasteiger charge is -2.18. The molecule has 30 heavy (non-hydrogen) atoms. The molecule has 3 heterocycles. The summed E-state index contributed by atoms with van der Waals surface area (Å²) in [7, 11) is 1.66. The van der Waals surface area contributed by atoms with Crippen LogP contribution in [0.25, 0.3) is 6.08 Å². The van der Waals surface area contributed by atoms with Crippen molar-refractivity contribution in [2.75, 3.05) is 10.7 Å². The lowest BCUT2D eigenvalue weighted by atomic mass is 10.2. The maximum atomic E-state index is 13.0. The van der Waals surface area contributed by atoms with Gasteiger partial charge in [0.1, 0.15) is 5.70 Å². The van der Waals surface area contributed by atoms with Crippen molar-refractivity contribution in [3.8, 4) is 0 Å². The van der Waals surface area contributed by atoms with Crippen LogP contribution in [-0.2, 0) is 11.8 Å². The zero-order valence-electron chi connectivity index (χ0n) is 15.9. The van der Waals surface area contributed by atoms with E-state index in [9.17, 15) is 9.90 Å². The second-order valence-corrected chi connectivity index (χ2v) is 7.13. The van der Waals surface area contributed by atoms with Crippen LogP contribution in [0.4, 0.5) is 11.6 Å². The molecule has 0 radical (unpaired) electrons. The number of aromatic nitrogens is 3. The van der Waals surface area contributed by atoms with Crippen LogP contribution in [-0.4, -0.2) is 33.0 Å². The van der Waals surface area contributed by atoms with E-state index >= 15 is 0 Å². The molecule has 0 fully saturated rings. The van der Waals surface area contributed by atoms with Crippen LogP contribution >= 0.6 is 11.8 Å². The van der Waals surface area contributed by atoms with Gasteiger partial charge >= 0.3 is 5.88 Å². The third-order valence-corrected chi connectivity index (χ3v) is 4.90. The Labute approximate surface area is 176 Å². The standard InChI is InChI=1S/C20H16N6O3S/c1-25-12-18(29-24-25)23-17(27)13-30-20-22-16(11-14-7-9-21-10-8-14)19(28)26(20)15-5-3-2-4-6-15/h2-12H,13H2,1H3/b16-11+. The second kappa shape index (κ2) is 8.70. The zero-order chi connectivity index (χ0) is 20.9. The normalized spacial score (nSPS) is 15.7. The number of amides is 1. The molecule has 0 saturated heterocycles. The average Bonchev–Trinajstić information content (AvgIpc) is 3.30. The summed E-state index contributed by atoms with van der Waals surface area (Å²) in [6.45, 7) is 0. The lowest BCUT2D eigenvalue weighted by molar-refractivity contribution is -0.739. The van der Waals surface area contributed by atoms with Gasteiger partial charge in [-0.3, -0.25) is 19.2 Å². The largest absolute Gasteiger partial charge is 0.861 e. The molecular formula is C20H16N6O3S. The van der Waals surface area contributed by atoms with Crippen LogP contribution in [0, 0.1) is 0 Å². The summed E-state index contributed by atoms with van der Waals surface area (Å²) in [5.74, 6) is -0.591. The number of hydrogen-bond acceptors (Lipinski definition) is 8. The number of benzene rings is 1. The molecule has 3 aromatic rings. The molecule has 1 amide bonds. The van der Waals surface area contributed by atoms with E-state index in [0.717, 1.165) is 17.3 Å². The van der Waals surface area contributed by atoms with Crippen molar-refractivity contribution in [1.82, 2.24) is 10.3 Å². The number of aryl methyl sites for hydroxylation is 1. The minimum Gasteiger partial charge on any atom is -0.861 e. The van der Waals surface area contributed by atoms with E-state index in [1.54, 1.807) is 37.7 Å². The summed E-state index contributed by atoms with van der Waals surface area (Å²) in [5.41, 5.74) is 1.75. The molecule has 2 aromatic heterocycles. The fourth-order valence-corrected chi connectivity index (χ4v) is 3.46. The fourth-order valence-electron chi connectivity index (χ4n) is 2.66. The number of amidine groups is 1.